The largest absolute Gasteiger partial charge is 0.480 e. The number of hydrogen-bond acceptors (Lipinski definition) is 5. The molecular formula is C23H28N2O5S. The zero-order valence-electron chi connectivity index (χ0n) is 17.6. The molecule has 0 fully saturated rings. The molecule has 2 amide bonds. The number of carboxylic acids is 1. The number of benzene rings is 2. The van der Waals surface area contributed by atoms with E-state index in [1.165, 1.54) is 11.8 Å². The molecule has 2 aromatic carbocycles. The fourth-order valence-corrected chi connectivity index (χ4v) is 3.74. The summed E-state index contributed by atoms with van der Waals surface area (Å²) >= 11 is 1.46. The molecule has 0 aliphatic heterocycles. The Bertz CT molecular complexity index is 846. The fourth-order valence-electron chi connectivity index (χ4n) is 2.73. The summed E-state index contributed by atoms with van der Waals surface area (Å²) in [4.78, 5) is 36.5. The third kappa shape index (κ3) is 8.72. The van der Waals surface area contributed by atoms with E-state index < -0.39 is 30.1 Å². The zero-order valence-corrected chi connectivity index (χ0v) is 18.4. The summed E-state index contributed by atoms with van der Waals surface area (Å²) < 4.78 is 5.22. The van der Waals surface area contributed by atoms with Crippen LogP contribution >= 0.6 is 11.8 Å². The minimum absolute atomic E-state index is 0.0713. The van der Waals surface area contributed by atoms with Crippen LogP contribution in [0.3, 0.4) is 0 Å². The molecule has 0 unspecified atom stereocenters. The predicted octanol–water partition coefficient (Wildman–Crippen LogP) is 3.44. The molecule has 0 aromatic heterocycles. The summed E-state index contributed by atoms with van der Waals surface area (Å²) in [5, 5.41) is 14.5. The Morgan fingerprint density at radius 3 is 2.06 bits per heavy atom. The molecule has 8 heteroatoms. The van der Waals surface area contributed by atoms with Gasteiger partial charge >= 0.3 is 12.1 Å². The maximum atomic E-state index is 12.8. The van der Waals surface area contributed by atoms with Crippen LogP contribution in [-0.2, 0) is 26.7 Å². The quantitative estimate of drug-likeness (QED) is 0.490. The highest BCUT2D eigenvalue weighted by molar-refractivity contribution is 7.98. The monoisotopic (exact) mass is 444 g/mol. The number of carboxylic acid groups (broad SMARTS) is 1. The smallest absolute Gasteiger partial charge is 0.408 e. The molecule has 0 heterocycles. The van der Waals surface area contributed by atoms with Crippen LogP contribution in [0.1, 0.15) is 25.0 Å². The topological polar surface area (TPSA) is 105 Å². The van der Waals surface area contributed by atoms with Crippen molar-refractivity contribution in [2.24, 2.45) is 5.92 Å². The first-order valence-corrected chi connectivity index (χ1v) is 11.1. The summed E-state index contributed by atoms with van der Waals surface area (Å²) in [5.41, 5.74) is 1.91. The van der Waals surface area contributed by atoms with Gasteiger partial charge in [-0.3, -0.25) is 4.79 Å². The normalized spacial score (nSPS) is 12.6. The van der Waals surface area contributed by atoms with E-state index >= 15 is 0 Å². The number of amides is 2. The van der Waals surface area contributed by atoms with Crippen molar-refractivity contribution in [3.8, 4) is 0 Å². The van der Waals surface area contributed by atoms with Gasteiger partial charge in [-0.15, -0.1) is 0 Å². The van der Waals surface area contributed by atoms with E-state index in [9.17, 15) is 19.5 Å². The van der Waals surface area contributed by atoms with Crippen LogP contribution in [0.25, 0.3) is 0 Å². The van der Waals surface area contributed by atoms with E-state index in [4.69, 9.17) is 4.74 Å². The molecule has 0 saturated carbocycles. The van der Waals surface area contributed by atoms with Crippen LogP contribution in [0, 0.1) is 5.92 Å². The summed E-state index contributed by atoms with van der Waals surface area (Å²) in [5.74, 6) is -1.06. The van der Waals surface area contributed by atoms with Crippen molar-refractivity contribution < 1.29 is 24.2 Å². The number of carbonyl (C=O) groups excluding carboxylic acids is 2. The predicted molar refractivity (Wildman–Crippen MR) is 121 cm³/mol. The molecule has 31 heavy (non-hydrogen) atoms. The Morgan fingerprint density at radius 2 is 1.52 bits per heavy atom. The lowest BCUT2D eigenvalue weighted by Crippen LogP contribution is -2.54. The number of thioether (sulfide) groups is 1. The van der Waals surface area contributed by atoms with E-state index in [1.807, 2.05) is 60.7 Å². The van der Waals surface area contributed by atoms with Gasteiger partial charge in [-0.2, -0.15) is 11.8 Å². The highest BCUT2D eigenvalue weighted by Gasteiger charge is 2.28. The van der Waals surface area contributed by atoms with E-state index in [-0.39, 0.29) is 18.3 Å². The second-order valence-electron chi connectivity index (χ2n) is 7.33. The minimum Gasteiger partial charge on any atom is -0.480 e. The van der Waals surface area contributed by atoms with Crippen molar-refractivity contribution in [2.45, 2.75) is 38.3 Å². The van der Waals surface area contributed by atoms with Gasteiger partial charge in [-0.1, -0.05) is 74.5 Å². The van der Waals surface area contributed by atoms with E-state index in [0.29, 0.717) is 5.75 Å². The number of rotatable bonds is 11. The number of nitrogens with one attached hydrogen (secondary N) is 2. The average molecular weight is 445 g/mol. The van der Waals surface area contributed by atoms with Crippen LogP contribution in [-0.4, -0.2) is 40.9 Å². The number of aliphatic carboxylic acids is 1. The van der Waals surface area contributed by atoms with Gasteiger partial charge in [0.05, 0.1) is 0 Å². The van der Waals surface area contributed by atoms with Gasteiger partial charge in [0.25, 0.3) is 0 Å². The first kappa shape index (κ1) is 24.3. The van der Waals surface area contributed by atoms with Gasteiger partial charge < -0.3 is 20.5 Å². The number of ether oxygens (including phenoxy) is 1. The molecule has 2 rings (SSSR count). The van der Waals surface area contributed by atoms with Crippen LogP contribution in [0.5, 0.6) is 0 Å². The van der Waals surface area contributed by atoms with Gasteiger partial charge in [0.15, 0.2) is 0 Å². The Labute approximate surface area is 186 Å². The Morgan fingerprint density at radius 1 is 0.935 bits per heavy atom. The molecule has 0 bridgehead atoms. The van der Waals surface area contributed by atoms with Crippen LogP contribution in [0.15, 0.2) is 60.7 Å². The second kappa shape index (κ2) is 12.6. The third-order valence-corrected chi connectivity index (χ3v) is 5.55. The third-order valence-electron chi connectivity index (χ3n) is 4.45. The first-order chi connectivity index (χ1) is 14.9. The molecule has 0 saturated heterocycles. The van der Waals surface area contributed by atoms with Crippen molar-refractivity contribution in [2.75, 3.05) is 5.75 Å². The minimum atomic E-state index is -1.12. The highest BCUT2D eigenvalue weighted by Crippen LogP contribution is 2.14. The number of alkyl carbamates (subject to hydrolysis) is 1. The maximum absolute atomic E-state index is 12.8. The van der Waals surface area contributed by atoms with Crippen molar-refractivity contribution in [1.29, 1.82) is 0 Å². The van der Waals surface area contributed by atoms with Gasteiger partial charge in [-0.25, -0.2) is 9.59 Å². The van der Waals surface area contributed by atoms with Gasteiger partial charge in [0.1, 0.15) is 18.7 Å². The summed E-state index contributed by atoms with van der Waals surface area (Å²) in [6.07, 6.45) is -0.735. The molecule has 7 nitrogen and oxygen atoms in total. The molecule has 3 N–H and O–H groups in total. The van der Waals surface area contributed by atoms with Crippen LogP contribution < -0.4 is 10.6 Å². The molecule has 166 valence electrons. The lowest BCUT2D eigenvalue weighted by atomic mass is 10.0. The number of carbonyl (C=O) groups is 3. The first-order valence-electron chi connectivity index (χ1n) is 9.99. The Balaban J connectivity index is 1.98. The molecule has 0 aliphatic carbocycles. The van der Waals surface area contributed by atoms with Gasteiger partial charge in [-0.05, 0) is 17.0 Å². The van der Waals surface area contributed by atoms with Crippen molar-refractivity contribution in [3.63, 3.8) is 0 Å². The SMILES string of the molecule is CC(C)[C@@H](NC(=O)[C@@H](CSCc1ccccc1)NC(=O)OCc1ccccc1)C(=O)O. The van der Waals surface area contributed by atoms with Crippen LogP contribution in [0.2, 0.25) is 0 Å². The zero-order chi connectivity index (χ0) is 22.6. The summed E-state index contributed by atoms with van der Waals surface area (Å²) in [6, 6.07) is 16.9. The molecule has 0 aliphatic rings. The number of hydrogen-bond donors (Lipinski definition) is 3. The van der Waals surface area contributed by atoms with E-state index in [2.05, 4.69) is 10.6 Å². The lowest BCUT2D eigenvalue weighted by molar-refractivity contribution is -0.143. The highest BCUT2D eigenvalue weighted by atomic mass is 32.2. The summed E-state index contributed by atoms with van der Waals surface area (Å²) in [7, 11) is 0. The maximum Gasteiger partial charge on any atom is 0.408 e. The van der Waals surface area contributed by atoms with Gasteiger partial charge in [0.2, 0.25) is 5.91 Å². The van der Waals surface area contributed by atoms with Crippen molar-refractivity contribution in [3.05, 3.63) is 71.8 Å². The lowest BCUT2D eigenvalue weighted by Gasteiger charge is -2.23. The molecule has 2 aromatic rings. The average Bonchev–Trinajstić information content (AvgIpc) is 2.76. The molecular weight excluding hydrogens is 416 g/mol. The van der Waals surface area contributed by atoms with Gasteiger partial charge in [0, 0.05) is 11.5 Å². The van der Waals surface area contributed by atoms with Crippen molar-refractivity contribution >= 4 is 29.7 Å². The van der Waals surface area contributed by atoms with Crippen molar-refractivity contribution in [1.82, 2.24) is 10.6 Å². The van der Waals surface area contributed by atoms with E-state index in [1.54, 1.807) is 13.8 Å². The Kier molecular flexibility index (Phi) is 9.90. The standard InChI is InChI=1S/C23H28N2O5S/c1-16(2)20(22(27)28)25-21(26)19(15-31-14-18-11-7-4-8-12-18)24-23(29)30-13-17-9-5-3-6-10-17/h3-12,16,19-20H,13-15H2,1-2H3,(H,24,29)(H,25,26)(H,27,28)/t19-,20-/m1/s1. The molecule has 0 spiro atoms. The summed E-state index contributed by atoms with van der Waals surface area (Å²) in [6.45, 7) is 3.49. The fraction of sp³-hybridized carbons (Fsp3) is 0.348. The molecule has 0 radical (unpaired) electrons. The second-order valence-corrected chi connectivity index (χ2v) is 8.36. The van der Waals surface area contributed by atoms with Crippen LogP contribution in [0.4, 0.5) is 4.79 Å². The Hall–Kier alpha value is -3.00. The van der Waals surface area contributed by atoms with E-state index in [0.717, 1.165) is 11.1 Å². The molecule has 2 atom stereocenters.